The Hall–Kier alpha value is -1.36. The second-order valence-corrected chi connectivity index (χ2v) is 5.13. The maximum atomic E-state index is 13.0. The van der Waals surface area contributed by atoms with Gasteiger partial charge in [0.15, 0.2) is 0 Å². The van der Waals surface area contributed by atoms with Crippen LogP contribution in [-0.2, 0) is 0 Å². The van der Waals surface area contributed by atoms with Crippen molar-refractivity contribution < 1.29 is 13.9 Å². The highest BCUT2D eigenvalue weighted by molar-refractivity contribution is 5.59. The van der Waals surface area contributed by atoms with E-state index in [0.717, 1.165) is 25.7 Å². The van der Waals surface area contributed by atoms with Crippen LogP contribution in [0.2, 0.25) is 0 Å². The second-order valence-electron chi connectivity index (χ2n) is 5.13. The van der Waals surface area contributed by atoms with Crippen molar-refractivity contribution >= 4 is 11.4 Å². The summed E-state index contributed by atoms with van der Waals surface area (Å²) in [6.45, 7) is 0.0939. The molecule has 5 heteroatoms. The molecular formula is C14H20F2N2O. The van der Waals surface area contributed by atoms with E-state index in [-0.39, 0.29) is 24.1 Å². The van der Waals surface area contributed by atoms with E-state index in [4.69, 9.17) is 5.73 Å². The molecule has 0 saturated heterocycles. The van der Waals surface area contributed by atoms with Crippen LogP contribution in [0.4, 0.5) is 20.2 Å². The number of hydrogen-bond donors (Lipinski definition) is 3. The van der Waals surface area contributed by atoms with E-state index in [0.29, 0.717) is 11.4 Å². The summed E-state index contributed by atoms with van der Waals surface area (Å²) in [4.78, 5) is 0. The fourth-order valence-corrected chi connectivity index (χ4v) is 2.71. The molecular weight excluding hydrogens is 250 g/mol. The van der Waals surface area contributed by atoms with Gasteiger partial charge in [0.1, 0.15) is 0 Å². The van der Waals surface area contributed by atoms with Crippen LogP contribution >= 0.6 is 0 Å². The first-order valence-corrected chi connectivity index (χ1v) is 6.66. The van der Waals surface area contributed by atoms with Crippen LogP contribution in [0.5, 0.6) is 0 Å². The van der Waals surface area contributed by atoms with Gasteiger partial charge in [0.25, 0.3) is 6.43 Å². The molecule has 0 bridgehead atoms. The van der Waals surface area contributed by atoms with Gasteiger partial charge in [-0.1, -0.05) is 12.8 Å². The van der Waals surface area contributed by atoms with E-state index >= 15 is 0 Å². The summed E-state index contributed by atoms with van der Waals surface area (Å²) in [5, 5.41) is 12.5. The summed E-state index contributed by atoms with van der Waals surface area (Å²) in [6.07, 6.45) is 1.44. The number of nitrogen functional groups attached to an aromatic ring is 1. The highest BCUT2D eigenvalue weighted by Crippen LogP contribution is 2.32. The molecule has 0 aromatic heterocycles. The molecule has 2 atom stereocenters. The van der Waals surface area contributed by atoms with Crippen molar-refractivity contribution in [1.29, 1.82) is 0 Å². The molecule has 0 spiro atoms. The molecule has 0 radical (unpaired) electrons. The minimum absolute atomic E-state index is 0.0554. The Morgan fingerprint density at radius 2 is 2.05 bits per heavy atom. The van der Waals surface area contributed by atoms with Crippen LogP contribution in [0.1, 0.15) is 37.7 Å². The average Bonchev–Trinajstić information content (AvgIpc) is 2.41. The van der Waals surface area contributed by atoms with Crippen molar-refractivity contribution in [2.75, 3.05) is 17.7 Å². The third kappa shape index (κ3) is 3.35. The van der Waals surface area contributed by atoms with Gasteiger partial charge >= 0.3 is 0 Å². The van der Waals surface area contributed by atoms with Crippen LogP contribution in [0.3, 0.4) is 0 Å². The van der Waals surface area contributed by atoms with Crippen molar-refractivity contribution in [2.24, 2.45) is 5.92 Å². The summed E-state index contributed by atoms with van der Waals surface area (Å²) in [6, 6.07) is 4.58. The molecule has 3 nitrogen and oxygen atoms in total. The fourth-order valence-electron chi connectivity index (χ4n) is 2.71. The van der Waals surface area contributed by atoms with Gasteiger partial charge < -0.3 is 16.2 Å². The van der Waals surface area contributed by atoms with Crippen LogP contribution in [0.15, 0.2) is 18.2 Å². The molecule has 106 valence electrons. The molecule has 1 fully saturated rings. The number of halogens is 2. The summed E-state index contributed by atoms with van der Waals surface area (Å²) in [5.41, 5.74) is 6.25. The Bertz CT molecular complexity index is 426. The molecule has 1 saturated carbocycles. The van der Waals surface area contributed by atoms with E-state index in [1.807, 2.05) is 0 Å². The molecule has 0 heterocycles. The number of benzene rings is 1. The van der Waals surface area contributed by atoms with Gasteiger partial charge in [0, 0.05) is 35.5 Å². The molecule has 1 aromatic rings. The molecule has 1 aromatic carbocycles. The zero-order chi connectivity index (χ0) is 13.8. The summed E-state index contributed by atoms with van der Waals surface area (Å²) >= 11 is 0. The first kappa shape index (κ1) is 14.1. The van der Waals surface area contributed by atoms with E-state index in [9.17, 15) is 13.9 Å². The van der Waals surface area contributed by atoms with Crippen LogP contribution in [0.25, 0.3) is 0 Å². The van der Waals surface area contributed by atoms with Crippen LogP contribution in [-0.4, -0.2) is 17.8 Å². The van der Waals surface area contributed by atoms with Crippen molar-refractivity contribution in [1.82, 2.24) is 0 Å². The summed E-state index contributed by atoms with van der Waals surface area (Å²) in [7, 11) is 0. The zero-order valence-corrected chi connectivity index (χ0v) is 10.8. The predicted molar refractivity (Wildman–Crippen MR) is 72.3 cm³/mol. The minimum Gasteiger partial charge on any atom is -0.399 e. The average molecular weight is 270 g/mol. The Balaban J connectivity index is 2.17. The van der Waals surface area contributed by atoms with Gasteiger partial charge in [0.2, 0.25) is 0 Å². The highest BCUT2D eigenvalue weighted by atomic mass is 19.3. The molecule has 4 N–H and O–H groups in total. The predicted octanol–water partition coefficient (Wildman–Crippen LogP) is 3.17. The van der Waals surface area contributed by atoms with Crippen LogP contribution in [0, 0.1) is 5.92 Å². The summed E-state index contributed by atoms with van der Waals surface area (Å²) < 4.78 is 26.0. The lowest BCUT2D eigenvalue weighted by Gasteiger charge is -2.32. The van der Waals surface area contributed by atoms with Crippen molar-refractivity contribution in [2.45, 2.75) is 38.2 Å². The molecule has 0 aliphatic heterocycles. The Morgan fingerprint density at radius 1 is 1.32 bits per heavy atom. The highest BCUT2D eigenvalue weighted by Gasteiger charge is 2.25. The monoisotopic (exact) mass is 270 g/mol. The normalized spacial score (nSPS) is 23.6. The first-order valence-electron chi connectivity index (χ1n) is 6.66. The van der Waals surface area contributed by atoms with E-state index in [2.05, 4.69) is 5.32 Å². The minimum atomic E-state index is -2.55. The topological polar surface area (TPSA) is 58.3 Å². The third-order valence-electron chi connectivity index (χ3n) is 3.80. The molecule has 0 amide bonds. The molecule has 1 aliphatic carbocycles. The Kier molecular flexibility index (Phi) is 4.58. The number of hydrogen-bond acceptors (Lipinski definition) is 3. The SMILES string of the molecule is Nc1ccc(NC2CCCCC2CO)c(C(F)F)c1. The smallest absolute Gasteiger partial charge is 0.265 e. The van der Waals surface area contributed by atoms with Gasteiger partial charge in [-0.15, -0.1) is 0 Å². The lowest BCUT2D eigenvalue weighted by Crippen LogP contribution is -2.34. The van der Waals surface area contributed by atoms with Crippen molar-refractivity contribution in [3.05, 3.63) is 23.8 Å². The molecule has 19 heavy (non-hydrogen) atoms. The molecule has 2 rings (SSSR count). The van der Waals surface area contributed by atoms with Gasteiger partial charge in [0.05, 0.1) is 0 Å². The van der Waals surface area contributed by atoms with E-state index < -0.39 is 6.43 Å². The van der Waals surface area contributed by atoms with Gasteiger partial charge in [-0.3, -0.25) is 0 Å². The Morgan fingerprint density at radius 3 is 2.74 bits per heavy atom. The molecule has 2 unspecified atom stereocenters. The number of nitrogens with two attached hydrogens (primary N) is 1. The van der Waals surface area contributed by atoms with E-state index in [1.54, 1.807) is 12.1 Å². The third-order valence-corrected chi connectivity index (χ3v) is 3.80. The van der Waals surface area contributed by atoms with Gasteiger partial charge in [-0.05, 0) is 31.0 Å². The zero-order valence-electron chi connectivity index (χ0n) is 10.8. The lowest BCUT2D eigenvalue weighted by atomic mass is 9.85. The number of rotatable bonds is 4. The van der Waals surface area contributed by atoms with Crippen LogP contribution < -0.4 is 11.1 Å². The largest absolute Gasteiger partial charge is 0.399 e. The Labute approximate surface area is 111 Å². The maximum Gasteiger partial charge on any atom is 0.265 e. The molecule has 1 aliphatic rings. The van der Waals surface area contributed by atoms with E-state index in [1.165, 1.54) is 6.07 Å². The number of alkyl halides is 2. The standard InChI is InChI=1S/C14H20F2N2O/c15-14(16)11-7-10(17)5-6-13(11)18-12-4-2-1-3-9(12)8-19/h5-7,9,12,14,18-19H,1-4,8,17H2. The van der Waals surface area contributed by atoms with Crippen molar-refractivity contribution in [3.8, 4) is 0 Å². The number of aliphatic hydroxyl groups is 1. The van der Waals surface area contributed by atoms with Crippen molar-refractivity contribution in [3.63, 3.8) is 0 Å². The maximum absolute atomic E-state index is 13.0. The second kappa shape index (κ2) is 6.19. The quantitative estimate of drug-likeness (QED) is 0.736. The van der Waals surface area contributed by atoms with Gasteiger partial charge in [-0.25, -0.2) is 8.78 Å². The number of anilines is 2. The lowest BCUT2D eigenvalue weighted by molar-refractivity contribution is 0.151. The first-order chi connectivity index (χ1) is 9.11. The number of aliphatic hydroxyl groups excluding tert-OH is 1. The van der Waals surface area contributed by atoms with Gasteiger partial charge in [-0.2, -0.15) is 0 Å². The fraction of sp³-hybridized carbons (Fsp3) is 0.571. The summed E-state index contributed by atoms with van der Waals surface area (Å²) in [5.74, 6) is 0.136. The number of nitrogens with one attached hydrogen (secondary N) is 1.